The van der Waals surface area contributed by atoms with E-state index in [1.165, 1.54) is 12.4 Å². The molecular weight excluding hydrogens is 453 g/mol. The molecular formula is C26H21ClFN5O. The van der Waals surface area contributed by atoms with Crippen LogP contribution in [0.1, 0.15) is 28.8 Å². The van der Waals surface area contributed by atoms with Crippen LogP contribution in [-0.2, 0) is 6.42 Å². The SMILES string of the molecule is O=C(c1cncc(-c2ccc3ncnc(N4CCc5cc(F)c(Cl)cc54)c3c2)c1)N1CCCC1. The molecule has 0 unspecified atom stereocenters. The van der Waals surface area contributed by atoms with Crippen LogP contribution in [0.15, 0.2) is 55.1 Å². The van der Waals surface area contributed by atoms with Crippen LogP contribution in [0.4, 0.5) is 15.9 Å². The van der Waals surface area contributed by atoms with Gasteiger partial charge in [0.2, 0.25) is 0 Å². The molecule has 8 heteroatoms. The molecule has 0 radical (unpaired) electrons. The molecule has 2 aromatic carbocycles. The van der Waals surface area contributed by atoms with Crippen molar-refractivity contribution in [1.29, 1.82) is 0 Å². The van der Waals surface area contributed by atoms with E-state index in [4.69, 9.17) is 11.6 Å². The largest absolute Gasteiger partial charge is 0.339 e. The quantitative estimate of drug-likeness (QED) is 0.398. The monoisotopic (exact) mass is 473 g/mol. The van der Waals surface area contributed by atoms with Crippen LogP contribution in [0.25, 0.3) is 22.0 Å². The van der Waals surface area contributed by atoms with Gasteiger partial charge in [0, 0.05) is 48.7 Å². The number of hydrogen-bond donors (Lipinski definition) is 0. The lowest BCUT2D eigenvalue weighted by Crippen LogP contribution is -2.27. The Labute approximate surface area is 201 Å². The molecule has 6 rings (SSSR count). The lowest BCUT2D eigenvalue weighted by molar-refractivity contribution is 0.0792. The van der Waals surface area contributed by atoms with Gasteiger partial charge in [-0.1, -0.05) is 17.7 Å². The Kier molecular flexibility index (Phi) is 5.14. The summed E-state index contributed by atoms with van der Waals surface area (Å²) in [5, 5.41) is 0.958. The fourth-order valence-electron chi connectivity index (χ4n) is 4.86. The molecule has 0 bridgehead atoms. The first kappa shape index (κ1) is 21.0. The number of benzene rings is 2. The number of amides is 1. The Morgan fingerprint density at radius 3 is 2.68 bits per heavy atom. The van der Waals surface area contributed by atoms with Gasteiger partial charge in [-0.25, -0.2) is 14.4 Å². The van der Waals surface area contributed by atoms with Crippen molar-refractivity contribution in [1.82, 2.24) is 19.9 Å². The van der Waals surface area contributed by atoms with E-state index in [1.807, 2.05) is 29.2 Å². The molecule has 170 valence electrons. The van der Waals surface area contributed by atoms with Gasteiger partial charge >= 0.3 is 0 Å². The average Bonchev–Trinajstić information content (AvgIpc) is 3.54. The second kappa shape index (κ2) is 8.33. The third-order valence-corrected chi connectivity index (χ3v) is 6.89. The second-order valence-corrected chi connectivity index (χ2v) is 9.09. The maximum Gasteiger partial charge on any atom is 0.255 e. The minimum absolute atomic E-state index is 0.0226. The lowest BCUT2D eigenvalue weighted by atomic mass is 10.0. The van der Waals surface area contributed by atoms with Crippen LogP contribution in [0.5, 0.6) is 0 Å². The number of anilines is 2. The predicted molar refractivity (Wildman–Crippen MR) is 130 cm³/mol. The molecule has 2 aromatic heterocycles. The van der Waals surface area contributed by atoms with Crippen molar-refractivity contribution in [2.45, 2.75) is 19.3 Å². The van der Waals surface area contributed by atoms with Crippen LogP contribution in [0, 0.1) is 5.82 Å². The molecule has 0 atom stereocenters. The molecule has 0 N–H and O–H groups in total. The summed E-state index contributed by atoms with van der Waals surface area (Å²) in [6.07, 6.45) is 7.73. The van der Waals surface area contributed by atoms with E-state index in [0.717, 1.165) is 65.0 Å². The highest BCUT2D eigenvalue weighted by atomic mass is 35.5. The summed E-state index contributed by atoms with van der Waals surface area (Å²) in [4.78, 5) is 30.1. The molecule has 4 aromatic rings. The molecule has 34 heavy (non-hydrogen) atoms. The molecule has 0 aliphatic carbocycles. The first-order valence-electron chi connectivity index (χ1n) is 11.3. The van der Waals surface area contributed by atoms with Crippen LogP contribution >= 0.6 is 11.6 Å². The van der Waals surface area contributed by atoms with Gasteiger partial charge < -0.3 is 9.80 Å². The van der Waals surface area contributed by atoms with Gasteiger partial charge in [0.1, 0.15) is 18.0 Å². The van der Waals surface area contributed by atoms with Crippen molar-refractivity contribution in [2.24, 2.45) is 0 Å². The molecule has 0 spiro atoms. The Morgan fingerprint density at radius 2 is 1.82 bits per heavy atom. The van der Waals surface area contributed by atoms with Crippen molar-refractivity contribution in [3.8, 4) is 11.1 Å². The number of likely N-dealkylation sites (tertiary alicyclic amines) is 1. The number of aromatic nitrogens is 3. The van der Waals surface area contributed by atoms with E-state index in [9.17, 15) is 9.18 Å². The van der Waals surface area contributed by atoms with Gasteiger partial charge in [0.05, 0.1) is 16.1 Å². The molecule has 1 fully saturated rings. The van der Waals surface area contributed by atoms with Gasteiger partial charge in [-0.15, -0.1) is 0 Å². The highest BCUT2D eigenvalue weighted by Crippen LogP contribution is 2.39. The van der Waals surface area contributed by atoms with Crippen LogP contribution in [0.2, 0.25) is 5.02 Å². The van der Waals surface area contributed by atoms with E-state index < -0.39 is 5.82 Å². The Hall–Kier alpha value is -3.58. The zero-order chi connectivity index (χ0) is 23.2. The number of carbonyl (C=O) groups is 1. The van der Waals surface area contributed by atoms with E-state index >= 15 is 0 Å². The number of fused-ring (bicyclic) bond motifs is 2. The molecule has 1 amide bonds. The third kappa shape index (κ3) is 3.56. The standard InChI is InChI=1S/C26H21ClFN5O/c27-21-12-24-17(11-22(21)28)5-8-33(24)25-20-10-16(3-4-23(20)30-15-31-25)18-9-19(14-29-13-18)26(34)32-6-1-2-7-32/h3-4,9-15H,1-2,5-8H2. The number of halogens is 2. The van der Waals surface area contributed by atoms with Gasteiger partial charge in [-0.05, 0) is 60.7 Å². The molecule has 6 nitrogen and oxygen atoms in total. The first-order chi connectivity index (χ1) is 16.6. The summed E-state index contributed by atoms with van der Waals surface area (Å²) < 4.78 is 14.0. The summed E-state index contributed by atoms with van der Waals surface area (Å²) in [5.41, 5.74) is 4.93. The van der Waals surface area contributed by atoms with E-state index in [0.29, 0.717) is 18.5 Å². The van der Waals surface area contributed by atoms with Crippen LogP contribution < -0.4 is 4.90 Å². The molecule has 2 aliphatic rings. The normalized spacial score (nSPS) is 15.2. The summed E-state index contributed by atoms with van der Waals surface area (Å²) >= 11 is 6.08. The van der Waals surface area contributed by atoms with E-state index in [-0.39, 0.29) is 10.9 Å². The Bertz CT molecular complexity index is 1440. The number of pyridine rings is 1. The predicted octanol–water partition coefficient (Wildman–Crippen LogP) is 5.41. The van der Waals surface area contributed by atoms with Gasteiger partial charge in [-0.2, -0.15) is 0 Å². The lowest BCUT2D eigenvalue weighted by Gasteiger charge is -2.20. The first-order valence-corrected chi connectivity index (χ1v) is 11.7. The highest BCUT2D eigenvalue weighted by Gasteiger charge is 2.25. The Balaban J connectivity index is 1.41. The van der Waals surface area contributed by atoms with Gasteiger partial charge in [0.25, 0.3) is 5.91 Å². The molecule has 2 aliphatic heterocycles. The van der Waals surface area contributed by atoms with Gasteiger partial charge in [-0.3, -0.25) is 9.78 Å². The molecule has 0 saturated carbocycles. The fraction of sp³-hybridized carbons (Fsp3) is 0.231. The van der Waals surface area contributed by atoms with Crippen LogP contribution in [-0.4, -0.2) is 45.4 Å². The van der Waals surface area contributed by atoms with Crippen molar-refractivity contribution in [3.05, 3.63) is 77.1 Å². The zero-order valence-electron chi connectivity index (χ0n) is 18.3. The average molecular weight is 474 g/mol. The maximum atomic E-state index is 14.0. The summed E-state index contributed by atoms with van der Waals surface area (Å²) in [7, 11) is 0. The zero-order valence-corrected chi connectivity index (χ0v) is 19.1. The third-order valence-electron chi connectivity index (χ3n) is 6.60. The fourth-order valence-corrected chi connectivity index (χ4v) is 5.01. The van der Waals surface area contributed by atoms with E-state index in [2.05, 4.69) is 19.9 Å². The summed E-state index contributed by atoms with van der Waals surface area (Å²) in [5.74, 6) is 0.355. The van der Waals surface area contributed by atoms with Gasteiger partial charge in [0.15, 0.2) is 0 Å². The maximum absolute atomic E-state index is 14.0. The second-order valence-electron chi connectivity index (χ2n) is 8.69. The molecule has 4 heterocycles. The number of rotatable bonds is 3. The topological polar surface area (TPSA) is 62.2 Å². The highest BCUT2D eigenvalue weighted by molar-refractivity contribution is 6.31. The number of nitrogens with zero attached hydrogens (tertiary/aromatic N) is 5. The van der Waals surface area contributed by atoms with Crippen molar-refractivity contribution >= 4 is 39.9 Å². The van der Waals surface area contributed by atoms with E-state index in [1.54, 1.807) is 18.5 Å². The van der Waals surface area contributed by atoms with Crippen LogP contribution in [0.3, 0.4) is 0 Å². The van der Waals surface area contributed by atoms with Crippen molar-refractivity contribution < 1.29 is 9.18 Å². The molecule has 1 saturated heterocycles. The minimum Gasteiger partial charge on any atom is -0.339 e. The summed E-state index contributed by atoms with van der Waals surface area (Å²) in [6.45, 7) is 2.27. The summed E-state index contributed by atoms with van der Waals surface area (Å²) in [6, 6.07) is 11.0. The number of hydrogen-bond acceptors (Lipinski definition) is 5. The Morgan fingerprint density at radius 1 is 0.971 bits per heavy atom. The van der Waals surface area contributed by atoms with Crippen molar-refractivity contribution in [2.75, 3.05) is 24.5 Å². The number of carbonyl (C=O) groups excluding carboxylic acids is 1. The van der Waals surface area contributed by atoms with Crippen molar-refractivity contribution in [3.63, 3.8) is 0 Å². The smallest absolute Gasteiger partial charge is 0.255 e. The minimum atomic E-state index is -0.409.